The van der Waals surface area contributed by atoms with Crippen LogP contribution in [-0.4, -0.2) is 36.5 Å². The molecule has 1 aromatic carbocycles. The van der Waals surface area contributed by atoms with Crippen molar-refractivity contribution < 1.29 is 4.79 Å². The fourth-order valence-corrected chi connectivity index (χ4v) is 3.19. The third-order valence-electron chi connectivity index (χ3n) is 3.83. The summed E-state index contributed by atoms with van der Waals surface area (Å²) in [5.74, 6) is 0.0310. The van der Waals surface area contributed by atoms with E-state index in [1.54, 1.807) is 6.07 Å². The van der Waals surface area contributed by atoms with Crippen LogP contribution in [0.3, 0.4) is 0 Å². The lowest BCUT2D eigenvalue weighted by Crippen LogP contribution is -2.41. The largest absolute Gasteiger partial charge is 0.337 e. The van der Waals surface area contributed by atoms with Crippen molar-refractivity contribution in [3.05, 3.63) is 33.3 Å². The second kappa shape index (κ2) is 8.16. The average Bonchev–Trinajstić information content (AvgIpc) is 2.98. The molecule has 0 spiro atoms. The van der Waals surface area contributed by atoms with Crippen molar-refractivity contribution in [1.29, 1.82) is 0 Å². The molecule has 5 heteroatoms. The van der Waals surface area contributed by atoms with E-state index in [2.05, 4.69) is 28.2 Å². The number of benzene rings is 1. The molecule has 0 aliphatic carbocycles. The molecule has 2 rings (SSSR count). The lowest BCUT2D eigenvalue weighted by atomic mass is 10.1. The zero-order valence-corrected chi connectivity index (χ0v) is 14.7. The Morgan fingerprint density at radius 3 is 3.00 bits per heavy atom. The maximum Gasteiger partial charge on any atom is 0.255 e. The highest BCUT2D eigenvalue weighted by molar-refractivity contribution is 9.10. The van der Waals surface area contributed by atoms with Crippen molar-refractivity contribution >= 4 is 33.4 Å². The zero-order chi connectivity index (χ0) is 15.2. The van der Waals surface area contributed by atoms with E-state index in [4.69, 9.17) is 11.6 Å². The number of hydrogen-bond acceptors (Lipinski definition) is 2. The molecule has 0 bridgehead atoms. The SMILES string of the molecule is CCCCN(CC1CCCN1)C(=O)c1cc(Br)ccc1Cl. The van der Waals surface area contributed by atoms with Gasteiger partial charge >= 0.3 is 0 Å². The highest BCUT2D eigenvalue weighted by Gasteiger charge is 2.23. The van der Waals surface area contributed by atoms with Crippen molar-refractivity contribution in [2.24, 2.45) is 0 Å². The number of halogens is 2. The summed E-state index contributed by atoms with van der Waals surface area (Å²) in [7, 11) is 0. The first-order valence-electron chi connectivity index (χ1n) is 7.59. The topological polar surface area (TPSA) is 32.3 Å². The summed E-state index contributed by atoms with van der Waals surface area (Å²) in [6.45, 7) is 4.75. The molecule has 1 aliphatic rings. The molecule has 1 fully saturated rings. The third-order valence-corrected chi connectivity index (χ3v) is 4.65. The van der Waals surface area contributed by atoms with Crippen LogP contribution in [-0.2, 0) is 0 Å². The first-order chi connectivity index (χ1) is 10.1. The summed E-state index contributed by atoms with van der Waals surface area (Å²) >= 11 is 9.61. The van der Waals surface area contributed by atoms with Gasteiger partial charge in [-0.3, -0.25) is 4.79 Å². The Balaban J connectivity index is 2.13. The predicted molar refractivity (Wildman–Crippen MR) is 91.0 cm³/mol. The highest BCUT2D eigenvalue weighted by atomic mass is 79.9. The molecule has 1 saturated heterocycles. The van der Waals surface area contributed by atoms with Crippen molar-refractivity contribution in [2.45, 2.75) is 38.6 Å². The lowest BCUT2D eigenvalue weighted by Gasteiger charge is -2.26. The number of amides is 1. The van der Waals surface area contributed by atoms with Gasteiger partial charge in [-0.1, -0.05) is 40.9 Å². The molecular formula is C16H22BrClN2O. The van der Waals surface area contributed by atoms with E-state index >= 15 is 0 Å². The molecule has 1 amide bonds. The van der Waals surface area contributed by atoms with Gasteiger partial charge in [0.15, 0.2) is 0 Å². The monoisotopic (exact) mass is 372 g/mol. The number of rotatable bonds is 6. The Hall–Kier alpha value is -0.580. The molecule has 116 valence electrons. The van der Waals surface area contributed by atoms with E-state index in [0.29, 0.717) is 16.6 Å². The summed E-state index contributed by atoms with van der Waals surface area (Å²) in [6.07, 6.45) is 4.43. The molecule has 0 saturated carbocycles. The Bertz CT molecular complexity index is 489. The summed E-state index contributed by atoms with van der Waals surface area (Å²) in [4.78, 5) is 14.7. The Labute approximate surface area is 140 Å². The molecule has 21 heavy (non-hydrogen) atoms. The summed E-state index contributed by atoms with van der Waals surface area (Å²) < 4.78 is 0.879. The van der Waals surface area contributed by atoms with Crippen LogP contribution in [0.2, 0.25) is 5.02 Å². The average molecular weight is 374 g/mol. The molecule has 1 heterocycles. The van der Waals surface area contributed by atoms with E-state index in [9.17, 15) is 4.79 Å². The maximum absolute atomic E-state index is 12.8. The molecule has 0 radical (unpaired) electrons. The summed E-state index contributed by atoms with van der Waals surface area (Å²) in [6, 6.07) is 5.85. The van der Waals surface area contributed by atoms with Crippen molar-refractivity contribution in [2.75, 3.05) is 19.6 Å². The van der Waals surface area contributed by atoms with Gasteiger partial charge in [0.1, 0.15) is 0 Å². The van der Waals surface area contributed by atoms with E-state index in [1.807, 2.05) is 17.0 Å². The van der Waals surface area contributed by atoms with Gasteiger partial charge in [-0.25, -0.2) is 0 Å². The zero-order valence-electron chi connectivity index (χ0n) is 12.4. The van der Waals surface area contributed by atoms with Crippen molar-refractivity contribution in [1.82, 2.24) is 10.2 Å². The van der Waals surface area contributed by atoms with Crippen LogP contribution in [0.25, 0.3) is 0 Å². The van der Waals surface area contributed by atoms with Crippen molar-refractivity contribution in [3.8, 4) is 0 Å². The number of nitrogens with one attached hydrogen (secondary N) is 1. The number of unbranched alkanes of at least 4 members (excludes halogenated alkanes) is 1. The third kappa shape index (κ3) is 4.70. The summed E-state index contributed by atoms with van der Waals surface area (Å²) in [5.41, 5.74) is 0.583. The number of nitrogens with zero attached hydrogens (tertiary/aromatic N) is 1. The number of hydrogen-bond donors (Lipinski definition) is 1. The lowest BCUT2D eigenvalue weighted by molar-refractivity contribution is 0.0739. The Kier molecular flexibility index (Phi) is 6.52. The van der Waals surface area contributed by atoms with Crippen LogP contribution in [0.15, 0.2) is 22.7 Å². The van der Waals surface area contributed by atoms with Crippen LogP contribution >= 0.6 is 27.5 Å². The first-order valence-corrected chi connectivity index (χ1v) is 8.76. The minimum atomic E-state index is 0.0310. The van der Waals surface area contributed by atoms with Crippen LogP contribution < -0.4 is 5.32 Å². The van der Waals surface area contributed by atoms with Crippen LogP contribution in [0.1, 0.15) is 43.0 Å². The second-order valence-electron chi connectivity index (χ2n) is 5.52. The van der Waals surface area contributed by atoms with Crippen molar-refractivity contribution in [3.63, 3.8) is 0 Å². The first kappa shape index (κ1) is 16.8. The van der Waals surface area contributed by atoms with Crippen LogP contribution in [0.4, 0.5) is 0 Å². The fraction of sp³-hybridized carbons (Fsp3) is 0.562. The Morgan fingerprint density at radius 2 is 2.33 bits per heavy atom. The van der Waals surface area contributed by atoms with Crippen LogP contribution in [0, 0.1) is 0 Å². The quantitative estimate of drug-likeness (QED) is 0.814. The molecule has 1 N–H and O–H groups in total. The standard InChI is InChI=1S/C16H22BrClN2O/c1-2-3-9-20(11-13-5-4-8-19-13)16(21)14-10-12(17)6-7-15(14)18/h6-7,10,13,19H,2-5,8-9,11H2,1H3. The minimum absolute atomic E-state index is 0.0310. The van der Waals surface area contributed by atoms with E-state index in [0.717, 1.165) is 43.4 Å². The normalized spacial score (nSPS) is 18.0. The van der Waals surface area contributed by atoms with Gasteiger partial charge in [-0.15, -0.1) is 0 Å². The summed E-state index contributed by atoms with van der Waals surface area (Å²) in [5, 5.41) is 3.98. The molecule has 1 unspecified atom stereocenters. The van der Waals surface area contributed by atoms with Gasteiger partial charge in [-0.05, 0) is 44.0 Å². The molecule has 1 aliphatic heterocycles. The second-order valence-corrected chi connectivity index (χ2v) is 6.85. The molecule has 1 aromatic rings. The molecule has 3 nitrogen and oxygen atoms in total. The van der Waals surface area contributed by atoms with Gasteiger partial charge < -0.3 is 10.2 Å². The molecule has 1 atom stereocenters. The van der Waals surface area contributed by atoms with Gasteiger partial charge in [0.2, 0.25) is 0 Å². The van der Waals surface area contributed by atoms with Gasteiger partial charge in [0.25, 0.3) is 5.91 Å². The smallest absolute Gasteiger partial charge is 0.255 e. The fourth-order valence-electron chi connectivity index (χ4n) is 2.64. The predicted octanol–water partition coefficient (Wildman–Crippen LogP) is 4.10. The van der Waals surface area contributed by atoms with Crippen LogP contribution in [0.5, 0.6) is 0 Å². The highest BCUT2D eigenvalue weighted by Crippen LogP contribution is 2.23. The Morgan fingerprint density at radius 1 is 1.52 bits per heavy atom. The number of carbonyl (C=O) groups excluding carboxylic acids is 1. The maximum atomic E-state index is 12.8. The van der Waals surface area contributed by atoms with Gasteiger partial charge in [0.05, 0.1) is 10.6 Å². The van der Waals surface area contributed by atoms with E-state index in [-0.39, 0.29) is 5.91 Å². The van der Waals surface area contributed by atoms with E-state index < -0.39 is 0 Å². The molecular weight excluding hydrogens is 352 g/mol. The molecule has 0 aromatic heterocycles. The van der Waals surface area contributed by atoms with Gasteiger partial charge in [-0.2, -0.15) is 0 Å². The van der Waals surface area contributed by atoms with Gasteiger partial charge in [0, 0.05) is 23.6 Å². The minimum Gasteiger partial charge on any atom is -0.337 e. The number of carbonyl (C=O) groups is 1. The van der Waals surface area contributed by atoms with E-state index in [1.165, 1.54) is 6.42 Å².